The van der Waals surface area contributed by atoms with E-state index in [-0.39, 0.29) is 11.6 Å². The molecule has 0 saturated heterocycles. The van der Waals surface area contributed by atoms with E-state index < -0.39 is 0 Å². The SMILES string of the molecule is COC1(C(NN)c2cc3cccc(C)c3o2)CCC1. The molecule has 1 unspecified atom stereocenters. The first kappa shape index (κ1) is 12.7. The van der Waals surface area contributed by atoms with Gasteiger partial charge >= 0.3 is 0 Å². The van der Waals surface area contributed by atoms with Crippen molar-refractivity contribution in [1.82, 2.24) is 5.43 Å². The second kappa shape index (κ2) is 4.63. The van der Waals surface area contributed by atoms with Crippen LogP contribution in [-0.4, -0.2) is 12.7 Å². The van der Waals surface area contributed by atoms with Crippen LogP contribution in [0.4, 0.5) is 0 Å². The van der Waals surface area contributed by atoms with Crippen LogP contribution >= 0.6 is 0 Å². The van der Waals surface area contributed by atoms with Crippen molar-refractivity contribution in [3.05, 3.63) is 35.6 Å². The number of hydrogen-bond acceptors (Lipinski definition) is 4. The van der Waals surface area contributed by atoms with Gasteiger partial charge in [0.2, 0.25) is 0 Å². The highest BCUT2D eigenvalue weighted by Crippen LogP contribution is 2.45. The predicted molar refractivity (Wildman–Crippen MR) is 74.6 cm³/mol. The lowest BCUT2D eigenvalue weighted by Gasteiger charge is -2.45. The average Bonchev–Trinajstić information content (AvgIpc) is 2.78. The number of aryl methyl sites for hydroxylation is 1. The Morgan fingerprint density at radius 1 is 1.42 bits per heavy atom. The third-order valence-corrected chi connectivity index (χ3v) is 4.34. The van der Waals surface area contributed by atoms with Gasteiger partial charge in [-0.3, -0.25) is 5.84 Å². The number of nitrogens with two attached hydrogens (primary N) is 1. The zero-order valence-corrected chi connectivity index (χ0v) is 11.4. The van der Waals surface area contributed by atoms with Crippen LogP contribution in [0.15, 0.2) is 28.7 Å². The molecule has 4 heteroatoms. The van der Waals surface area contributed by atoms with Crippen molar-refractivity contribution in [1.29, 1.82) is 0 Å². The number of ether oxygens (including phenoxy) is 1. The molecule has 1 aromatic heterocycles. The molecule has 19 heavy (non-hydrogen) atoms. The van der Waals surface area contributed by atoms with E-state index >= 15 is 0 Å². The topological polar surface area (TPSA) is 60.4 Å². The Morgan fingerprint density at radius 3 is 2.74 bits per heavy atom. The lowest BCUT2D eigenvalue weighted by Crippen LogP contribution is -2.52. The van der Waals surface area contributed by atoms with Gasteiger partial charge in [-0.1, -0.05) is 18.2 Å². The number of methoxy groups -OCH3 is 1. The molecule has 1 aliphatic carbocycles. The second-order valence-corrected chi connectivity index (χ2v) is 5.36. The van der Waals surface area contributed by atoms with Crippen molar-refractivity contribution in [3.63, 3.8) is 0 Å². The third-order valence-electron chi connectivity index (χ3n) is 4.34. The zero-order valence-electron chi connectivity index (χ0n) is 11.4. The van der Waals surface area contributed by atoms with Crippen LogP contribution in [0.5, 0.6) is 0 Å². The summed E-state index contributed by atoms with van der Waals surface area (Å²) in [5.41, 5.74) is 4.72. The molecule has 0 amide bonds. The summed E-state index contributed by atoms with van der Waals surface area (Å²) in [5.74, 6) is 6.60. The predicted octanol–water partition coefficient (Wildman–Crippen LogP) is 2.81. The van der Waals surface area contributed by atoms with Gasteiger partial charge in [0, 0.05) is 12.5 Å². The number of hydrazine groups is 1. The number of hydrogen-bond donors (Lipinski definition) is 2. The first-order chi connectivity index (χ1) is 9.20. The lowest BCUT2D eigenvalue weighted by molar-refractivity contribution is -0.104. The highest BCUT2D eigenvalue weighted by molar-refractivity contribution is 5.81. The maximum Gasteiger partial charge on any atom is 0.137 e. The molecule has 1 saturated carbocycles. The number of rotatable bonds is 4. The number of benzene rings is 1. The number of nitrogens with one attached hydrogen (secondary N) is 1. The van der Waals surface area contributed by atoms with Crippen LogP contribution in [0.25, 0.3) is 11.0 Å². The van der Waals surface area contributed by atoms with Gasteiger partial charge in [0.1, 0.15) is 17.4 Å². The molecule has 0 bridgehead atoms. The molecule has 3 rings (SSSR count). The van der Waals surface area contributed by atoms with Crippen molar-refractivity contribution < 1.29 is 9.15 Å². The Morgan fingerprint density at radius 2 is 2.21 bits per heavy atom. The molecular weight excluding hydrogens is 240 g/mol. The van der Waals surface area contributed by atoms with Crippen LogP contribution in [0, 0.1) is 6.92 Å². The quantitative estimate of drug-likeness (QED) is 0.655. The van der Waals surface area contributed by atoms with Crippen LogP contribution in [-0.2, 0) is 4.74 Å². The molecule has 0 aliphatic heterocycles. The molecule has 1 heterocycles. The van der Waals surface area contributed by atoms with E-state index in [1.54, 1.807) is 7.11 Å². The minimum Gasteiger partial charge on any atom is -0.459 e. The fraction of sp³-hybridized carbons (Fsp3) is 0.467. The smallest absolute Gasteiger partial charge is 0.137 e. The monoisotopic (exact) mass is 260 g/mol. The molecule has 102 valence electrons. The van der Waals surface area contributed by atoms with E-state index in [9.17, 15) is 0 Å². The van der Waals surface area contributed by atoms with E-state index in [2.05, 4.69) is 30.5 Å². The highest BCUT2D eigenvalue weighted by atomic mass is 16.5. The molecule has 1 aliphatic rings. The number of para-hydroxylation sites is 1. The van der Waals surface area contributed by atoms with Gasteiger partial charge in [-0.25, -0.2) is 5.43 Å². The van der Waals surface area contributed by atoms with Gasteiger partial charge in [0.25, 0.3) is 0 Å². The second-order valence-electron chi connectivity index (χ2n) is 5.36. The summed E-state index contributed by atoms with van der Waals surface area (Å²) in [5, 5.41) is 1.11. The maximum atomic E-state index is 6.01. The first-order valence-electron chi connectivity index (χ1n) is 6.70. The third kappa shape index (κ3) is 1.87. The Labute approximate surface area is 112 Å². The van der Waals surface area contributed by atoms with Gasteiger partial charge in [-0.2, -0.15) is 0 Å². The van der Waals surface area contributed by atoms with Crippen molar-refractivity contribution in [2.75, 3.05) is 7.11 Å². The summed E-state index contributed by atoms with van der Waals surface area (Å²) in [6.07, 6.45) is 3.19. The molecular formula is C15H20N2O2. The summed E-state index contributed by atoms with van der Waals surface area (Å²) in [7, 11) is 1.75. The Bertz CT molecular complexity index is 581. The van der Waals surface area contributed by atoms with Crippen LogP contribution < -0.4 is 11.3 Å². The summed E-state index contributed by atoms with van der Waals surface area (Å²) in [6.45, 7) is 2.05. The van der Waals surface area contributed by atoms with Crippen LogP contribution in [0.1, 0.15) is 36.6 Å². The van der Waals surface area contributed by atoms with Crippen molar-refractivity contribution >= 4 is 11.0 Å². The minimum atomic E-state index is -0.226. The summed E-state index contributed by atoms with van der Waals surface area (Å²) >= 11 is 0. The van der Waals surface area contributed by atoms with E-state index in [1.807, 2.05) is 6.07 Å². The number of fused-ring (bicyclic) bond motifs is 1. The normalized spacial score (nSPS) is 19.3. The number of furan rings is 1. The molecule has 1 atom stereocenters. The fourth-order valence-corrected chi connectivity index (χ4v) is 3.00. The van der Waals surface area contributed by atoms with Crippen molar-refractivity contribution in [3.8, 4) is 0 Å². The Balaban J connectivity index is 2.04. The largest absolute Gasteiger partial charge is 0.459 e. The first-order valence-corrected chi connectivity index (χ1v) is 6.70. The average molecular weight is 260 g/mol. The standard InChI is InChI=1S/C15H20N2O2/c1-10-5-3-6-11-9-12(19-13(10)11)14(17-16)15(18-2)7-4-8-15/h3,5-6,9,14,17H,4,7-8,16H2,1-2H3. The molecule has 1 fully saturated rings. The van der Waals surface area contributed by atoms with Gasteiger partial charge in [0.15, 0.2) is 0 Å². The maximum absolute atomic E-state index is 6.01. The fourth-order valence-electron chi connectivity index (χ4n) is 3.00. The van der Waals surface area contributed by atoms with Crippen molar-refractivity contribution in [2.45, 2.75) is 37.8 Å². The van der Waals surface area contributed by atoms with Gasteiger partial charge in [0.05, 0.1) is 5.60 Å². The van der Waals surface area contributed by atoms with Crippen molar-refractivity contribution in [2.24, 2.45) is 5.84 Å². The zero-order chi connectivity index (χ0) is 13.5. The minimum absolute atomic E-state index is 0.0990. The van der Waals surface area contributed by atoms with Crippen LogP contribution in [0.3, 0.4) is 0 Å². The summed E-state index contributed by atoms with van der Waals surface area (Å²) in [4.78, 5) is 0. The van der Waals surface area contributed by atoms with E-state index in [1.165, 1.54) is 6.42 Å². The van der Waals surface area contributed by atoms with Gasteiger partial charge in [-0.15, -0.1) is 0 Å². The van der Waals surface area contributed by atoms with E-state index in [0.29, 0.717) is 0 Å². The molecule has 0 radical (unpaired) electrons. The van der Waals surface area contributed by atoms with Gasteiger partial charge < -0.3 is 9.15 Å². The lowest BCUT2D eigenvalue weighted by atomic mass is 9.74. The Kier molecular flexibility index (Phi) is 3.09. The molecule has 2 aromatic rings. The molecule has 4 nitrogen and oxygen atoms in total. The summed E-state index contributed by atoms with van der Waals surface area (Å²) in [6, 6.07) is 8.11. The van der Waals surface area contributed by atoms with E-state index in [0.717, 1.165) is 35.1 Å². The molecule has 0 spiro atoms. The van der Waals surface area contributed by atoms with Crippen LogP contribution in [0.2, 0.25) is 0 Å². The highest BCUT2D eigenvalue weighted by Gasteiger charge is 2.46. The van der Waals surface area contributed by atoms with E-state index in [4.69, 9.17) is 15.0 Å². The molecule has 3 N–H and O–H groups in total. The van der Waals surface area contributed by atoms with Gasteiger partial charge in [-0.05, 0) is 37.8 Å². The summed E-state index contributed by atoms with van der Waals surface area (Å²) < 4.78 is 11.7. The Hall–Kier alpha value is -1.36. The molecule has 1 aromatic carbocycles.